The van der Waals surface area contributed by atoms with Gasteiger partial charge in [0.15, 0.2) is 0 Å². The number of amides is 2. The maximum absolute atomic E-state index is 12.9. The number of anilines is 4. The van der Waals surface area contributed by atoms with Crippen LogP contribution in [0.2, 0.25) is 0 Å². The van der Waals surface area contributed by atoms with E-state index in [1.807, 2.05) is 24.3 Å². The first-order chi connectivity index (χ1) is 14.6. The molecule has 0 spiro atoms. The Morgan fingerprint density at radius 3 is 2.50 bits per heavy atom. The number of hydrogen-bond acceptors (Lipinski definition) is 5. The Morgan fingerprint density at radius 1 is 0.967 bits per heavy atom. The highest BCUT2D eigenvalue weighted by molar-refractivity contribution is 6.08. The Labute approximate surface area is 174 Å². The quantitative estimate of drug-likeness (QED) is 0.544. The summed E-state index contributed by atoms with van der Waals surface area (Å²) < 4.78 is 5.35. The van der Waals surface area contributed by atoms with Crippen LogP contribution >= 0.6 is 0 Å². The molecule has 0 bridgehead atoms. The van der Waals surface area contributed by atoms with Crippen LogP contribution in [0.15, 0.2) is 66.9 Å². The molecule has 0 saturated heterocycles. The van der Waals surface area contributed by atoms with E-state index in [4.69, 9.17) is 4.74 Å². The summed E-state index contributed by atoms with van der Waals surface area (Å²) in [6.45, 7) is 0. The van der Waals surface area contributed by atoms with E-state index in [9.17, 15) is 9.59 Å². The molecule has 1 aliphatic carbocycles. The molecule has 1 aliphatic rings. The molecule has 1 fully saturated rings. The third-order valence-corrected chi connectivity index (χ3v) is 4.75. The Morgan fingerprint density at radius 2 is 1.73 bits per heavy atom. The number of nitrogens with zero attached hydrogens (tertiary/aromatic N) is 1. The van der Waals surface area contributed by atoms with E-state index < -0.39 is 0 Å². The predicted octanol–water partition coefficient (Wildman–Crippen LogP) is 4.43. The Balaban J connectivity index is 1.51. The zero-order valence-electron chi connectivity index (χ0n) is 16.5. The summed E-state index contributed by atoms with van der Waals surface area (Å²) in [4.78, 5) is 29.2. The van der Waals surface area contributed by atoms with Gasteiger partial charge in [0.05, 0.1) is 18.4 Å². The average molecular weight is 402 g/mol. The van der Waals surface area contributed by atoms with E-state index in [0.29, 0.717) is 34.2 Å². The van der Waals surface area contributed by atoms with Gasteiger partial charge in [0.2, 0.25) is 5.91 Å². The fourth-order valence-corrected chi connectivity index (χ4v) is 3.03. The van der Waals surface area contributed by atoms with Gasteiger partial charge < -0.3 is 20.7 Å². The fourth-order valence-electron chi connectivity index (χ4n) is 3.03. The van der Waals surface area contributed by atoms with Crippen molar-refractivity contribution in [1.82, 2.24) is 4.98 Å². The second-order valence-corrected chi connectivity index (χ2v) is 7.02. The highest BCUT2D eigenvalue weighted by Gasteiger charge is 2.29. The lowest BCUT2D eigenvalue weighted by Gasteiger charge is -2.14. The van der Waals surface area contributed by atoms with E-state index in [1.165, 1.54) is 0 Å². The summed E-state index contributed by atoms with van der Waals surface area (Å²) in [5, 5.41) is 8.92. The Bertz CT molecular complexity index is 1080. The molecule has 1 aromatic heterocycles. The van der Waals surface area contributed by atoms with E-state index in [1.54, 1.807) is 49.7 Å². The van der Waals surface area contributed by atoms with Crippen molar-refractivity contribution in [3.63, 3.8) is 0 Å². The zero-order valence-corrected chi connectivity index (χ0v) is 16.5. The number of rotatable bonds is 7. The molecule has 3 N–H and O–H groups in total. The van der Waals surface area contributed by atoms with Crippen LogP contribution in [0.3, 0.4) is 0 Å². The van der Waals surface area contributed by atoms with E-state index in [-0.39, 0.29) is 17.7 Å². The minimum atomic E-state index is -0.314. The summed E-state index contributed by atoms with van der Waals surface area (Å²) in [7, 11) is 1.58. The van der Waals surface area contributed by atoms with Crippen molar-refractivity contribution in [2.24, 2.45) is 5.92 Å². The van der Waals surface area contributed by atoms with Gasteiger partial charge in [-0.05, 0) is 55.3 Å². The molecule has 2 aromatic carbocycles. The Kier molecular flexibility index (Phi) is 5.61. The third-order valence-electron chi connectivity index (χ3n) is 4.75. The smallest absolute Gasteiger partial charge is 0.259 e. The van der Waals surface area contributed by atoms with Crippen LogP contribution in [0.5, 0.6) is 5.75 Å². The minimum absolute atomic E-state index is 0.0223. The highest BCUT2D eigenvalue weighted by Crippen LogP contribution is 2.31. The minimum Gasteiger partial charge on any atom is -0.495 e. The molecule has 152 valence electrons. The summed E-state index contributed by atoms with van der Waals surface area (Å²) >= 11 is 0. The van der Waals surface area contributed by atoms with Crippen LogP contribution < -0.4 is 20.7 Å². The number of hydrogen-bond donors (Lipinski definition) is 3. The van der Waals surface area contributed by atoms with Crippen molar-refractivity contribution in [2.45, 2.75) is 12.8 Å². The molecule has 0 radical (unpaired) electrons. The van der Waals surface area contributed by atoms with Crippen molar-refractivity contribution in [1.29, 1.82) is 0 Å². The summed E-state index contributed by atoms with van der Waals surface area (Å²) in [6, 6.07) is 17.9. The molecule has 7 nitrogen and oxygen atoms in total. The fraction of sp³-hybridized carbons (Fsp3) is 0.174. The number of aromatic nitrogens is 1. The van der Waals surface area contributed by atoms with Gasteiger partial charge in [-0.15, -0.1) is 0 Å². The molecule has 4 rings (SSSR count). The predicted molar refractivity (Wildman–Crippen MR) is 116 cm³/mol. The molecule has 0 aliphatic heterocycles. The molecule has 1 saturated carbocycles. The molecular weight excluding hydrogens is 380 g/mol. The largest absolute Gasteiger partial charge is 0.495 e. The summed E-state index contributed by atoms with van der Waals surface area (Å²) in [6.07, 6.45) is 3.49. The molecule has 1 heterocycles. The number of para-hydroxylation sites is 2. The normalized spacial score (nSPS) is 12.7. The van der Waals surface area contributed by atoms with Gasteiger partial charge in [0.25, 0.3) is 5.91 Å². The van der Waals surface area contributed by atoms with Gasteiger partial charge in [0, 0.05) is 23.5 Å². The maximum Gasteiger partial charge on any atom is 0.259 e. The van der Waals surface area contributed by atoms with Gasteiger partial charge in [-0.1, -0.05) is 18.2 Å². The SMILES string of the molecule is COc1ccccc1Nc1ncccc1C(=O)Nc1cccc(NC(=O)C2CC2)c1. The lowest BCUT2D eigenvalue weighted by atomic mass is 10.2. The van der Waals surface area contributed by atoms with Crippen LogP contribution in [0.1, 0.15) is 23.2 Å². The van der Waals surface area contributed by atoms with E-state index >= 15 is 0 Å². The first-order valence-corrected chi connectivity index (χ1v) is 9.71. The second kappa shape index (κ2) is 8.65. The van der Waals surface area contributed by atoms with Gasteiger partial charge in [-0.2, -0.15) is 0 Å². The van der Waals surface area contributed by atoms with Crippen LogP contribution in [0, 0.1) is 5.92 Å². The van der Waals surface area contributed by atoms with Crippen LogP contribution in [-0.2, 0) is 4.79 Å². The molecule has 0 unspecified atom stereocenters. The number of ether oxygens (including phenoxy) is 1. The molecule has 7 heteroatoms. The van der Waals surface area contributed by atoms with E-state index in [0.717, 1.165) is 12.8 Å². The van der Waals surface area contributed by atoms with Gasteiger partial charge in [-0.25, -0.2) is 4.98 Å². The van der Waals surface area contributed by atoms with E-state index in [2.05, 4.69) is 20.9 Å². The number of nitrogens with one attached hydrogen (secondary N) is 3. The topological polar surface area (TPSA) is 92.3 Å². The van der Waals surface area contributed by atoms with Crippen LogP contribution in [0.4, 0.5) is 22.9 Å². The van der Waals surface area contributed by atoms with Crippen LogP contribution in [-0.4, -0.2) is 23.9 Å². The van der Waals surface area contributed by atoms with Gasteiger partial charge in [0.1, 0.15) is 11.6 Å². The lowest BCUT2D eigenvalue weighted by molar-refractivity contribution is -0.117. The molecule has 2 amide bonds. The highest BCUT2D eigenvalue weighted by atomic mass is 16.5. The number of methoxy groups -OCH3 is 1. The van der Waals surface area contributed by atoms with Gasteiger partial charge in [-0.3, -0.25) is 9.59 Å². The van der Waals surface area contributed by atoms with Crippen molar-refractivity contribution < 1.29 is 14.3 Å². The molecule has 0 atom stereocenters. The molecule has 30 heavy (non-hydrogen) atoms. The molecule has 3 aromatic rings. The number of benzene rings is 2. The first kappa shape index (κ1) is 19.4. The standard InChI is InChI=1S/C23H22N4O3/c1-30-20-10-3-2-9-19(20)27-21-18(8-5-13-24-21)23(29)26-17-7-4-6-16(14-17)25-22(28)15-11-12-15/h2-10,13-15H,11-12H2,1H3,(H,24,27)(H,25,28)(H,26,29). The second-order valence-electron chi connectivity index (χ2n) is 7.02. The summed E-state index contributed by atoms with van der Waals surface area (Å²) in [5.41, 5.74) is 2.33. The maximum atomic E-state index is 12.9. The van der Waals surface area contributed by atoms with Crippen molar-refractivity contribution in [3.05, 3.63) is 72.4 Å². The first-order valence-electron chi connectivity index (χ1n) is 9.71. The van der Waals surface area contributed by atoms with Crippen molar-refractivity contribution in [3.8, 4) is 5.75 Å². The third kappa shape index (κ3) is 4.57. The zero-order chi connectivity index (χ0) is 20.9. The van der Waals surface area contributed by atoms with Crippen molar-refractivity contribution >= 4 is 34.7 Å². The van der Waals surface area contributed by atoms with Crippen molar-refractivity contribution in [2.75, 3.05) is 23.1 Å². The van der Waals surface area contributed by atoms with Gasteiger partial charge >= 0.3 is 0 Å². The summed E-state index contributed by atoms with van der Waals surface area (Å²) in [5.74, 6) is 0.883. The number of pyridine rings is 1. The average Bonchev–Trinajstić information content (AvgIpc) is 3.60. The van der Waals surface area contributed by atoms with Crippen LogP contribution in [0.25, 0.3) is 0 Å². The monoisotopic (exact) mass is 402 g/mol. The lowest BCUT2D eigenvalue weighted by Crippen LogP contribution is -2.16. The number of carbonyl (C=O) groups is 2. The Hall–Kier alpha value is -3.87. The number of carbonyl (C=O) groups excluding carboxylic acids is 2. The molecular formula is C23H22N4O3.